The van der Waals surface area contributed by atoms with Gasteiger partial charge in [0.1, 0.15) is 5.78 Å². The van der Waals surface area contributed by atoms with Crippen LogP contribution < -0.4 is 0 Å². The second-order valence-electron chi connectivity index (χ2n) is 3.74. The molecule has 0 radical (unpaired) electrons. The number of allylic oxidation sites excluding steroid dienone is 1. The van der Waals surface area contributed by atoms with Crippen LogP contribution in [0.1, 0.15) is 39.0 Å². The van der Waals surface area contributed by atoms with Crippen molar-refractivity contribution < 1.29 is 4.79 Å². The van der Waals surface area contributed by atoms with Gasteiger partial charge in [0.25, 0.3) is 0 Å². The Morgan fingerprint density at radius 2 is 2.42 bits per heavy atom. The lowest BCUT2D eigenvalue weighted by molar-refractivity contribution is -0.125. The van der Waals surface area contributed by atoms with Gasteiger partial charge in [-0.1, -0.05) is 19.4 Å². The maximum Gasteiger partial charge on any atom is 0.136 e. The van der Waals surface area contributed by atoms with E-state index in [1.165, 1.54) is 6.42 Å². The van der Waals surface area contributed by atoms with Gasteiger partial charge in [-0.25, -0.2) is 0 Å². The molecule has 0 bridgehead atoms. The third-order valence-corrected chi connectivity index (χ3v) is 2.90. The number of carbonyl (C=O) groups is 1. The van der Waals surface area contributed by atoms with Crippen LogP contribution >= 0.6 is 0 Å². The van der Waals surface area contributed by atoms with Crippen molar-refractivity contribution in [3.05, 3.63) is 12.7 Å². The second-order valence-corrected chi connectivity index (χ2v) is 3.74. The Morgan fingerprint density at radius 1 is 1.67 bits per heavy atom. The first-order valence-electron chi connectivity index (χ1n) is 4.91. The molecular weight excluding hydrogens is 148 g/mol. The van der Waals surface area contributed by atoms with Gasteiger partial charge in [-0.3, -0.25) is 4.79 Å². The Balaban J connectivity index is 2.46. The van der Waals surface area contributed by atoms with Gasteiger partial charge < -0.3 is 0 Å². The molecule has 1 heteroatoms. The Morgan fingerprint density at radius 3 is 3.00 bits per heavy atom. The molecular formula is C11H18O. The SMILES string of the molecule is C=CCC1CC(CC)CCC1=O. The molecule has 12 heavy (non-hydrogen) atoms. The highest BCUT2D eigenvalue weighted by atomic mass is 16.1. The average Bonchev–Trinajstić information content (AvgIpc) is 2.09. The zero-order valence-electron chi connectivity index (χ0n) is 7.88. The van der Waals surface area contributed by atoms with E-state index in [2.05, 4.69) is 13.5 Å². The van der Waals surface area contributed by atoms with E-state index in [9.17, 15) is 4.79 Å². The predicted molar refractivity (Wildman–Crippen MR) is 50.9 cm³/mol. The Hall–Kier alpha value is -0.590. The molecule has 0 spiro atoms. The monoisotopic (exact) mass is 166 g/mol. The van der Waals surface area contributed by atoms with E-state index in [1.54, 1.807) is 0 Å². The van der Waals surface area contributed by atoms with Gasteiger partial charge in [-0.2, -0.15) is 0 Å². The van der Waals surface area contributed by atoms with E-state index in [1.807, 2.05) is 6.08 Å². The number of Topliss-reactive ketones (excluding diaryl/α,β-unsaturated/α-hetero) is 1. The Bertz CT molecular complexity index is 172. The van der Waals surface area contributed by atoms with E-state index in [4.69, 9.17) is 0 Å². The summed E-state index contributed by atoms with van der Waals surface area (Å²) in [6.45, 7) is 5.90. The van der Waals surface area contributed by atoms with E-state index in [-0.39, 0.29) is 0 Å². The van der Waals surface area contributed by atoms with Crippen LogP contribution in [0.15, 0.2) is 12.7 Å². The fourth-order valence-corrected chi connectivity index (χ4v) is 2.00. The van der Waals surface area contributed by atoms with Crippen molar-refractivity contribution in [1.29, 1.82) is 0 Å². The fraction of sp³-hybridized carbons (Fsp3) is 0.727. The summed E-state index contributed by atoms with van der Waals surface area (Å²) >= 11 is 0. The number of rotatable bonds is 3. The third-order valence-electron chi connectivity index (χ3n) is 2.90. The van der Waals surface area contributed by atoms with E-state index >= 15 is 0 Å². The van der Waals surface area contributed by atoms with Crippen LogP contribution in [0.25, 0.3) is 0 Å². The first-order chi connectivity index (χ1) is 5.77. The number of hydrogen-bond acceptors (Lipinski definition) is 1. The van der Waals surface area contributed by atoms with Crippen molar-refractivity contribution in [2.45, 2.75) is 39.0 Å². The number of hydrogen-bond donors (Lipinski definition) is 0. The van der Waals surface area contributed by atoms with Crippen molar-refractivity contribution in [2.75, 3.05) is 0 Å². The Kier molecular flexibility index (Phi) is 3.51. The standard InChI is InChI=1S/C11H18O/c1-3-5-10-8-9(4-2)6-7-11(10)12/h3,9-10H,1,4-8H2,2H3. The zero-order chi connectivity index (χ0) is 8.97. The lowest BCUT2D eigenvalue weighted by Crippen LogP contribution is -2.24. The van der Waals surface area contributed by atoms with Gasteiger partial charge in [-0.05, 0) is 25.2 Å². The quantitative estimate of drug-likeness (QED) is 0.589. The van der Waals surface area contributed by atoms with Crippen molar-refractivity contribution in [2.24, 2.45) is 11.8 Å². The van der Waals surface area contributed by atoms with E-state index in [0.29, 0.717) is 11.7 Å². The average molecular weight is 166 g/mol. The molecule has 0 amide bonds. The molecule has 1 fully saturated rings. The lowest BCUT2D eigenvalue weighted by atomic mass is 9.78. The summed E-state index contributed by atoms with van der Waals surface area (Å²) in [5, 5.41) is 0. The van der Waals surface area contributed by atoms with Crippen molar-refractivity contribution in [3.8, 4) is 0 Å². The molecule has 1 aliphatic rings. The summed E-state index contributed by atoms with van der Waals surface area (Å²) in [6.07, 6.45) is 7.00. The molecule has 0 heterocycles. The first-order valence-corrected chi connectivity index (χ1v) is 4.91. The van der Waals surface area contributed by atoms with Gasteiger partial charge >= 0.3 is 0 Å². The minimum Gasteiger partial charge on any atom is -0.299 e. The molecule has 0 aliphatic heterocycles. The summed E-state index contributed by atoms with van der Waals surface area (Å²) in [5.41, 5.74) is 0. The van der Waals surface area contributed by atoms with Crippen molar-refractivity contribution in [3.63, 3.8) is 0 Å². The van der Waals surface area contributed by atoms with Crippen LogP contribution in [0, 0.1) is 11.8 Å². The molecule has 2 unspecified atom stereocenters. The predicted octanol–water partition coefficient (Wildman–Crippen LogP) is 2.96. The minimum atomic E-state index is 0.293. The normalized spacial score (nSPS) is 30.2. The van der Waals surface area contributed by atoms with Gasteiger partial charge in [0.05, 0.1) is 0 Å². The number of ketones is 1. The largest absolute Gasteiger partial charge is 0.299 e. The smallest absolute Gasteiger partial charge is 0.136 e. The molecule has 1 saturated carbocycles. The van der Waals surface area contributed by atoms with Crippen LogP contribution in [0.3, 0.4) is 0 Å². The van der Waals surface area contributed by atoms with Crippen LogP contribution in [-0.2, 0) is 4.79 Å². The Labute approximate surface area is 74.9 Å². The summed E-state index contributed by atoms with van der Waals surface area (Å²) in [5.74, 6) is 1.54. The lowest BCUT2D eigenvalue weighted by Gasteiger charge is -2.26. The van der Waals surface area contributed by atoms with Crippen molar-refractivity contribution >= 4 is 5.78 Å². The molecule has 2 atom stereocenters. The molecule has 0 aromatic rings. The van der Waals surface area contributed by atoms with Gasteiger partial charge in [0.15, 0.2) is 0 Å². The van der Waals surface area contributed by atoms with Crippen LogP contribution in [-0.4, -0.2) is 5.78 Å². The maximum atomic E-state index is 11.4. The van der Waals surface area contributed by atoms with Crippen LogP contribution in [0.4, 0.5) is 0 Å². The van der Waals surface area contributed by atoms with Gasteiger partial charge in [0.2, 0.25) is 0 Å². The highest BCUT2D eigenvalue weighted by Gasteiger charge is 2.26. The van der Waals surface area contributed by atoms with Gasteiger partial charge in [-0.15, -0.1) is 6.58 Å². The third kappa shape index (κ3) is 2.20. The zero-order valence-corrected chi connectivity index (χ0v) is 7.88. The van der Waals surface area contributed by atoms with Crippen LogP contribution in [0.5, 0.6) is 0 Å². The fourth-order valence-electron chi connectivity index (χ4n) is 2.00. The first kappa shape index (κ1) is 9.50. The number of carbonyl (C=O) groups excluding carboxylic acids is 1. The molecule has 0 aromatic heterocycles. The van der Waals surface area contributed by atoms with Crippen molar-refractivity contribution in [1.82, 2.24) is 0 Å². The highest BCUT2D eigenvalue weighted by Crippen LogP contribution is 2.30. The summed E-state index contributed by atoms with van der Waals surface area (Å²) in [6, 6.07) is 0. The molecule has 1 aliphatic carbocycles. The van der Waals surface area contributed by atoms with E-state index < -0.39 is 0 Å². The molecule has 0 saturated heterocycles. The summed E-state index contributed by atoms with van der Waals surface area (Å²) < 4.78 is 0. The van der Waals surface area contributed by atoms with E-state index in [0.717, 1.165) is 31.6 Å². The molecule has 0 N–H and O–H groups in total. The molecule has 0 aromatic carbocycles. The minimum absolute atomic E-state index is 0.293. The summed E-state index contributed by atoms with van der Waals surface area (Å²) in [7, 11) is 0. The molecule has 1 nitrogen and oxygen atoms in total. The molecule has 68 valence electrons. The van der Waals surface area contributed by atoms with Gasteiger partial charge in [0, 0.05) is 12.3 Å². The summed E-state index contributed by atoms with van der Waals surface area (Å²) in [4.78, 5) is 11.4. The maximum absolute atomic E-state index is 11.4. The van der Waals surface area contributed by atoms with Crippen LogP contribution in [0.2, 0.25) is 0 Å². The topological polar surface area (TPSA) is 17.1 Å². The molecule has 1 rings (SSSR count). The second kappa shape index (κ2) is 4.44. The highest BCUT2D eigenvalue weighted by molar-refractivity contribution is 5.81.